The van der Waals surface area contributed by atoms with Crippen molar-refractivity contribution >= 4 is 16.8 Å². The van der Waals surface area contributed by atoms with E-state index in [2.05, 4.69) is 53.1 Å². The highest BCUT2D eigenvalue weighted by atomic mass is 32.2. The zero-order valence-electron chi connectivity index (χ0n) is 16.7. The Hall–Kier alpha value is -1.92. The number of hydrogen-bond acceptors (Lipinski definition) is 6. The molecule has 2 atom stereocenters. The molecule has 2 rings (SSSR count). The SMILES string of the molecule is CCCC(C)Cc1cccc(COc2nccc(C(N)C(=NC)SC)n2)c1. The molecule has 0 radical (unpaired) electrons. The van der Waals surface area contributed by atoms with Crippen molar-refractivity contribution in [1.82, 2.24) is 9.97 Å². The first-order chi connectivity index (χ1) is 13.1. The van der Waals surface area contributed by atoms with Crippen LogP contribution >= 0.6 is 11.8 Å². The fraction of sp³-hybridized carbons (Fsp3) is 0.476. The van der Waals surface area contributed by atoms with Crippen molar-refractivity contribution in [2.45, 2.75) is 45.8 Å². The second-order valence-electron chi connectivity index (χ2n) is 6.71. The summed E-state index contributed by atoms with van der Waals surface area (Å²) in [6.07, 6.45) is 7.20. The molecule has 5 nitrogen and oxygen atoms in total. The van der Waals surface area contributed by atoms with E-state index in [1.807, 2.05) is 6.26 Å². The van der Waals surface area contributed by atoms with Crippen LogP contribution in [0, 0.1) is 5.92 Å². The molecule has 2 unspecified atom stereocenters. The number of ether oxygens (including phenoxy) is 1. The van der Waals surface area contributed by atoms with Crippen molar-refractivity contribution in [3.05, 3.63) is 53.3 Å². The van der Waals surface area contributed by atoms with E-state index in [9.17, 15) is 0 Å². The molecule has 6 heteroatoms. The van der Waals surface area contributed by atoms with Crippen molar-refractivity contribution < 1.29 is 4.74 Å². The highest BCUT2D eigenvalue weighted by Crippen LogP contribution is 2.19. The minimum absolute atomic E-state index is 0.337. The van der Waals surface area contributed by atoms with Gasteiger partial charge in [-0.1, -0.05) is 51.0 Å². The van der Waals surface area contributed by atoms with Crippen LogP contribution in [-0.4, -0.2) is 28.3 Å². The second kappa shape index (κ2) is 11.0. The predicted molar refractivity (Wildman–Crippen MR) is 114 cm³/mol. The molecule has 0 saturated carbocycles. The normalized spacial score (nSPS) is 14.0. The Morgan fingerprint density at radius 2 is 2.07 bits per heavy atom. The monoisotopic (exact) mass is 386 g/mol. The Bertz CT molecular complexity index is 750. The van der Waals surface area contributed by atoms with Gasteiger partial charge in [0.2, 0.25) is 0 Å². The number of nitrogens with zero attached hydrogens (tertiary/aromatic N) is 3. The lowest BCUT2D eigenvalue weighted by molar-refractivity contribution is 0.279. The van der Waals surface area contributed by atoms with Gasteiger partial charge in [0.1, 0.15) is 6.61 Å². The number of rotatable bonds is 9. The highest BCUT2D eigenvalue weighted by Gasteiger charge is 2.15. The summed E-state index contributed by atoms with van der Waals surface area (Å²) in [5.74, 6) is 0.693. The molecular weight excluding hydrogens is 356 g/mol. The lowest BCUT2D eigenvalue weighted by Crippen LogP contribution is -2.20. The van der Waals surface area contributed by atoms with Gasteiger partial charge in [-0.15, -0.1) is 11.8 Å². The molecule has 0 fully saturated rings. The Balaban J connectivity index is 2.02. The van der Waals surface area contributed by atoms with Gasteiger partial charge in [0.25, 0.3) is 0 Å². The Kier molecular flexibility index (Phi) is 8.75. The minimum atomic E-state index is -0.362. The maximum Gasteiger partial charge on any atom is 0.316 e. The van der Waals surface area contributed by atoms with Gasteiger partial charge in [0.05, 0.1) is 16.8 Å². The first-order valence-electron chi connectivity index (χ1n) is 9.37. The Labute approximate surface area is 166 Å². The summed E-state index contributed by atoms with van der Waals surface area (Å²) in [7, 11) is 1.73. The molecule has 0 aliphatic carbocycles. The number of thioether (sulfide) groups is 1. The first-order valence-corrected chi connectivity index (χ1v) is 10.6. The van der Waals surface area contributed by atoms with E-state index in [-0.39, 0.29) is 6.04 Å². The average molecular weight is 387 g/mol. The molecule has 0 aliphatic rings. The average Bonchev–Trinajstić information content (AvgIpc) is 2.68. The summed E-state index contributed by atoms with van der Waals surface area (Å²) in [5.41, 5.74) is 9.40. The van der Waals surface area contributed by atoms with Crippen molar-refractivity contribution in [3.8, 4) is 6.01 Å². The Morgan fingerprint density at radius 3 is 2.78 bits per heavy atom. The smallest absolute Gasteiger partial charge is 0.316 e. The van der Waals surface area contributed by atoms with Gasteiger partial charge in [-0.3, -0.25) is 4.99 Å². The number of aromatic nitrogens is 2. The molecule has 0 saturated heterocycles. The van der Waals surface area contributed by atoms with Crippen LogP contribution in [0.4, 0.5) is 0 Å². The highest BCUT2D eigenvalue weighted by molar-refractivity contribution is 8.13. The van der Waals surface area contributed by atoms with Gasteiger partial charge in [-0.25, -0.2) is 4.98 Å². The maximum absolute atomic E-state index is 6.23. The third kappa shape index (κ3) is 6.63. The third-order valence-corrected chi connectivity index (χ3v) is 5.25. The largest absolute Gasteiger partial charge is 0.459 e. The summed E-state index contributed by atoms with van der Waals surface area (Å²) in [6.45, 7) is 4.97. The molecule has 0 aliphatic heterocycles. The second-order valence-corrected chi connectivity index (χ2v) is 7.54. The summed E-state index contributed by atoms with van der Waals surface area (Å²) in [4.78, 5) is 12.9. The van der Waals surface area contributed by atoms with Gasteiger partial charge in [-0.2, -0.15) is 4.98 Å². The van der Waals surface area contributed by atoms with Crippen LogP contribution in [0.15, 0.2) is 41.5 Å². The van der Waals surface area contributed by atoms with E-state index in [0.717, 1.165) is 17.0 Å². The molecule has 0 amide bonds. The molecule has 2 aromatic rings. The molecule has 27 heavy (non-hydrogen) atoms. The molecule has 1 aromatic carbocycles. The fourth-order valence-corrected chi connectivity index (χ4v) is 3.63. The third-order valence-electron chi connectivity index (χ3n) is 4.39. The van der Waals surface area contributed by atoms with E-state index in [1.165, 1.54) is 30.2 Å². The summed E-state index contributed by atoms with van der Waals surface area (Å²) < 4.78 is 5.81. The molecular formula is C21H30N4OS. The topological polar surface area (TPSA) is 73.4 Å². The molecule has 146 valence electrons. The molecule has 0 spiro atoms. The first kappa shape index (κ1) is 21.4. The van der Waals surface area contributed by atoms with Crippen molar-refractivity contribution in [2.75, 3.05) is 13.3 Å². The molecule has 0 bridgehead atoms. The molecule has 1 heterocycles. The predicted octanol–water partition coefficient (Wildman–Crippen LogP) is 4.43. The zero-order chi connectivity index (χ0) is 19.6. The van der Waals surface area contributed by atoms with Crippen LogP contribution in [0.3, 0.4) is 0 Å². The van der Waals surface area contributed by atoms with Crippen LogP contribution in [0.5, 0.6) is 6.01 Å². The van der Waals surface area contributed by atoms with Crippen LogP contribution in [0.1, 0.15) is 49.6 Å². The van der Waals surface area contributed by atoms with Crippen molar-refractivity contribution in [2.24, 2.45) is 16.6 Å². The fourth-order valence-electron chi connectivity index (χ4n) is 3.07. The van der Waals surface area contributed by atoms with Crippen molar-refractivity contribution in [3.63, 3.8) is 0 Å². The van der Waals surface area contributed by atoms with Gasteiger partial charge >= 0.3 is 6.01 Å². The number of aliphatic imine (C=N–C) groups is 1. The standard InChI is InChI=1S/C21H30N4OS/c1-5-7-15(2)12-16-8-6-9-17(13-16)14-26-21-24-11-10-18(25-21)19(22)20(23-3)27-4/h6,8-11,13,15,19H,5,7,12,14,22H2,1-4H3. The van der Waals surface area contributed by atoms with Crippen LogP contribution in [-0.2, 0) is 13.0 Å². The van der Waals surface area contributed by atoms with Crippen LogP contribution in [0.2, 0.25) is 0 Å². The number of hydrogen-bond donors (Lipinski definition) is 1. The van der Waals surface area contributed by atoms with Crippen LogP contribution < -0.4 is 10.5 Å². The number of nitrogens with two attached hydrogens (primary N) is 1. The van der Waals surface area contributed by atoms with E-state index < -0.39 is 0 Å². The lowest BCUT2D eigenvalue weighted by atomic mass is 9.96. The molecule has 2 N–H and O–H groups in total. The zero-order valence-corrected chi connectivity index (χ0v) is 17.5. The Morgan fingerprint density at radius 1 is 1.30 bits per heavy atom. The van der Waals surface area contributed by atoms with Gasteiger partial charge in [-0.05, 0) is 35.8 Å². The van der Waals surface area contributed by atoms with E-state index in [1.54, 1.807) is 19.3 Å². The van der Waals surface area contributed by atoms with Crippen molar-refractivity contribution in [1.29, 1.82) is 0 Å². The van der Waals surface area contributed by atoms with E-state index in [0.29, 0.717) is 24.2 Å². The van der Waals surface area contributed by atoms with Gasteiger partial charge in [0.15, 0.2) is 0 Å². The maximum atomic E-state index is 6.23. The summed E-state index contributed by atoms with van der Waals surface area (Å²) >= 11 is 1.52. The molecule has 1 aromatic heterocycles. The quantitative estimate of drug-likeness (QED) is 0.510. The number of benzene rings is 1. The van der Waals surface area contributed by atoms with Gasteiger partial charge < -0.3 is 10.5 Å². The summed E-state index contributed by atoms with van der Waals surface area (Å²) in [5, 5.41) is 0.827. The minimum Gasteiger partial charge on any atom is -0.459 e. The lowest BCUT2D eigenvalue weighted by Gasteiger charge is -2.13. The van der Waals surface area contributed by atoms with Crippen LogP contribution in [0.25, 0.3) is 0 Å². The van der Waals surface area contributed by atoms with E-state index >= 15 is 0 Å². The van der Waals surface area contributed by atoms with E-state index in [4.69, 9.17) is 10.5 Å². The van der Waals surface area contributed by atoms with Gasteiger partial charge in [0, 0.05) is 13.2 Å². The summed E-state index contributed by atoms with van der Waals surface area (Å²) in [6, 6.07) is 10.3.